The van der Waals surface area contributed by atoms with Crippen LogP contribution < -0.4 is 15.1 Å². The molecule has 0 fully saturated rings. The number of rotatable bonds is 5. The topological polar surface area (TPSA) is 9.23 Å². The van der Waals surface area contributed by atoms with Gasteiger partial charge in [-0.05, 0) is 34.9 Å². The predicted octanol–water partition coefficient (Wildman–Crippen LogP) is 5.42. The molecule has 1 aliphatic rings. The molecule has 0 atom stereocenters. The second kappa shape index (κ2) is 7.29. The summed E-state index contributed by atoms with van der Waals surface area (Å²) in [6.07, 6.45) is 5.71. The van der Waals surface area contributed by atoms with E-state index in [-0.39, 0.29) is 0 Å². The number of aryl methyl sites for hydroxylation is 1. The number of allylic oxidation sites excluding steroid dienone is 4. The van der Waals surface area contributed by atoms with Crippen LogP contribution in [-0.2, 0) is 0 Å². The quantitative estimate of drug-likeness (QED) is 0.618. The lowest BCUT2D eigenvalue weighted by molar-refractivity contribution is 0.421. The molecule has 3 heteroatoms. The number of hydrogen-bond acceptors (Lipinski definition) is 1. The van der Waals surface area contributed by atoms with Crippen molar-refractivity contribution in [2.24, 2.45) is 0 Å². The summed E-state index contributed by atoms with van der Waals surface area (Å²) >= 11 is 0. The number of benzene rings is 2. The molecule has 1 nitrogen and oxygen atoms in total. The fourth-order valence-electron chi connectivity index (χ4n) is 4.16. The number of hydrogen-bond donors (Lipinski definition) is 0. The molecule has 0 amide bonds. The van der Waals surface area contributed by atoms with E-state index >= 15 is 0 Å². The van der Waals surface area contributed by atoms with Crippen LogP contribution in [0.3, 0.4) is 0 Å². The van der Waals surface area contributed by atoms with E-state index in [9.17, 15) is 0 Å². The molecule has 0 aliphatic heterocycles. The van der Waals surface area contributed by atoms with Gasteiger partial charge < -0.3 is 4.74 Å². The molecule has 0 unspecified atom stereocenters. The average Bonchev–Trinajstić information content (AvgIpc) is 3.11. The van der Waals surface area contributed by atoms with E-state index in [2.05, 4.69) is 94.3 Å². The highest BCUT2D eigenvalue weighted by atomic mass is 28.3. The van der Waals surface area contributed by atoms with E-state index in [1.165, 1.54) is 27.1 Å². The van der Waals surface area contributed by atoms with Crippen molar-refractivity contribution in [2.75, 3.05) is 7.11 Å². The van der Waals surface area contributed by atoms with Crippen LogP contribution in [0.5, 0.6) is 5.75 Å². The Morgan fingerprint density at radius 1 is 0.889 bits per heavy atom. The first-order valence-electron chi connectivity index (χ1n) is 9.81. The first kappa shape index (κ1) is 19.9. The third-order valence-electron chi connectivity index (χ3n) is 5.69. The van der Waals surface area contributed by atoms with E-state index in [0.717, 1.165) is 12.2 Å². The van der Waals surface area contributed by atoms with Crippen LogP contribution in [0.15, 0.2) is 59.8 Å². The van der Waals surface area contributed by atoms with Crippen LogP contribution in [-0.4, -0.2) is 23.3 Å². The van der Waals surface area contributed by atoms with E-state index in [4.69, 9.17) is 4.74 Å². The molecule has 2 aromatic rings. The standard InChI is InChI=1S/C24H32OSi2/c1-18-16-22(26(3,4)5)24(25-2)23(17-18)27(6,7)21-15-11-14-20(21)19-12-9-8-10-13-19/h8-14,16-17H,15H2,1-7H3. The lowest BCUT2D eigenvalue weighted by Gasteiger charge is -2.32. The SMILES string of the molecule is COc1c([Si](C)(C)C)cc(C)cc1[Si](C)(C)C1=C(c2ccccc2)C=CC1. The van der Waals surface area contributed by atoms with Crippen molar-refractivity contribution in [1.29, 1.82) is 0 Å². The van der Waals surface area contributed by atoms with E-state index < -0.39 is 16.1 Å². The second-order valence-corrected chi connectivity index (χ2v) is 18.6. The van der Waals surface area contributed by atoms with Crippen molar-refractivity contribution >= 4 is 32.1 Å². The zero-order valence-electron chi connectivity index (χ0n) is 17.8. The van der Waals surface area contributed by atoms with Gasteiger partial charge in [0.1, 0.15) is 13.8 Å². The Balaban J connectivity index is 2.22. The number of ether oxygens (including phenoxy) is 1. The molecule has 0 bridgehead atoms. The van der Waals surface area contributed by atoms with Crippen LogP contribution in [0.25, 0.3) is 5.57 Å². The van der Waals surface area contributed by atoms with Crippen LogP contribution in [0.1, 0.15) is 17.5 Å². The Kier molecular flexibility index (Phi) is 5.37. The second-order valence-electron chi connectivity index (χ2n) is 9.13. The summed E-state index contributed by atoms with van der Waals surface area (Å²) in [4.78, 5) is 0. The Hall–Kier alpha value is -1.85. The van der Waals surface area contributed by atoms with Crippen LogP contribution in [0.2, 0.25) is 32.7 Å². The Morgan fingerprint density at radius 2 is 1.52 bits per heavy atom. The monoisotopic (exact) mass is 392 g/mol. The zero-order valence-corrected chi connectivity index (χ0v) is 19.8. The van der Waals surface area contributed by atoms with Crippen molar-refractivity contribution in [3.05, 3.63) is 70.9 Å². The fourth-order valence-corrected chi connectivity index (χ4v) is 9.11. The molecule has 142 valence electrons. The normalized spacial score (nSPS) is 14.8. The molecule has 0 saturated carbocycles. The Bertz CT molecular complexity index is 900. The molecule has 2 aromatic carbocycles. The van der Waals surface area contributed by atoms with Crippen molar-refractivity contribution < 1.29 is 4.74 Å². The van der Waals surface area contributed by atoms with Crippen LogP contribution in [0.4, 0.5) is 0 Å². The van der Waals surface area contributed by atoms with Gasteiger partial charge in [0, 0.05) is 0 Å². The summed E-state index contributed by atoms with van der Waals surface area (Å²) in [6.45, 7) is 14.4. The van der Waals surface area contributed by atoms with Gasteiger partial charge in [-0.1, -0.05) is 98.1 Å². The highest BCUT2D eigenvalue weighted by molar-refractivity contribution is 6.98. The molecule has 0 spiro atoms. The average molecular weight is 393 g/mol. The first-order chi connectivity index (χ1) is 12.7. The third kappa shape index (κ3) is 3.76. The molecule has 0 aromatic heterocycles. The minimum absolute atomic E-state index is 1.06. The van der Waals surface area contributed by atoms with Gasteiger partial charge in [-0.3, -0.25) is 0 Å². The first-order valence-corrected chi connectivity index (χ1v) is 16.3. The van der Waals surface area contributed by atoms with Crippen molar-refractivity contribution in [1.82, 2.24) is 0 Å². The maximum Gasteiger partial charge on any atom is 0.117 e. The highest BCUT2D eigenvalue weighted by Gasteiger charge is 2.36. The summed E-state index contributed by atoms with van der Waals surface area (Å²) in [6, 6.07) is 15.6. The summed E-state index contributed by atoms with van der Waals surface area (Å²) in [5, 5.41) is 4.52. The van der Waals surface area contributed by atoms with E-state index in [1.807, 2.05) is 7.11 Å². The summed E-state index contributed by atoms with van der Waals surface area (Å²) in [5.74, 6) is 1.16. The molecule has 0 N–H and O–H groups in total. The van der Waals surface area contributed by atoms with Gasteiger partial charge in [0.15, 0.2) is 0 Å². The Morgan fingerprint density at radius 3 is 2.11 bits per heavy atom. The fraction of sp³-hybridized carbons (Fsp3) is 0.333. The smallest absolute Gasteiger partial charge is 0.117 e. The molecular formula is C24H32OSi2. The minimum atomic E-state index is -1.88. The largest absolute Gasteiger partial charge is 0.497 e. The van der Waals surface area contributed by atoms with Gasteiger partial charge in [0.25, 0.3) is 0 Å². The van der Waals surface area contributed by atoms with Gasteiger partial charge in [0.2, 0.25) is 0 Å². The molecule has 0 heterocycles. The van der Waals surface area contributed by atoms with Crippen molar-refractivity contribution in [3.8, 4) is 5.75 Å². The summed E-state index contributed by atoms with van der Waals surface area (Å²) < 4.78 is 6.07. The van der Waals surface area contributed by atoms with E-state index in [0.29, 0.717) is 0 Å². The zero-order chi connectivity index (χ0) is 19.8. The van der Waals surface area contributed by atoms with Crippen LogP contribution >= 0.6 is 0 Å². The maximum atomic E-state index is 6.07. The van der Waals surface area contributed by atoms with Gasteiger partial charge in [0.05, 0.1) is 15.2 Å². The minimum Gasteiger partial charge on any atom is -0.497 e. The molecule has 0 radical (unpaired) electrons. The van der Waals surface area contributed by atoms with Crippen LogP contribution in [0, 0.1) is 6.92 Å². The number of methoxy groups -OCH3 is 1. The molecule has 1 aliphatic carbocycles. The van der Waals surface area contributed by atoms with Gasteiger partial charge in [-0.25, -0.2) is 0 Å². The summed E-state index contributed by atoms with van der Waals surface area (Å²) in [5.41, 5.74) is 4.11. The molecule has 3 rings (SSSR count). The lowest BCUT2D eigenvalue weighted by atomic mass is 10.1. The molecule has 27 heavy (non-hydrogen) atoms. The van der Waals surface area contributed by atoms with Gasteiger partial charge >= 0.3 is 0 Å². The highest BCUT2D eigenvalue weighted by Crippen LogP contribution is 2.35. The predicted molar refractivity (Wildman–Crippen MR) is 125 cm³/mol. The maximum absolute atomic E-state index is 6.07. The van der Waals surface area contributed by atoms with E-state index in [1.54, 1.807) is 5.20 Å². The Labute approximate surface area is 166 Å². The molecular weight excluding hydrogens is 360 g/mol. The van der Waals surface area contributed by atoms with Crippen molar-refractivity contribution in [2.45, 2.75) is 46.1 Å². The lowest BCUT2D eigenvalue weighted by Crippen LogP contribution is -2.49. The van der Waals surface area contributed by atoms with Gasteiger partial charge in [-0.2, -0.15) is 0 Å². The molecule has 0 saturated heterocycles. The third-order valence-corrected chi connectivity index (χ3v) is 11.4. The van der Waals surface area contributed by atoms with Crippen molar-refractivity contribution in [3.63, 3.8) is 0 Å². The van der Waals surface area contributed by atoms with Gasteiger partial charge in [-0.15, -0.1) is 0 Å². The summed E-state index contributed by atoms with van der Waals surface area (Å²) in [7, 11) is -1.53.